The Bertz CT molecular complexity index is 357. The third kappa shape index (κ3) is 2.22. The van der Waals surface area contributed by atoms with Crippen LogP contribution in [0.25, 0.3) is 0 Å². The summed E-state index contributed by atoms with van der Waals surface area (Å²) in [5, 5.41) is 1.87. The Kier molecular flexibility index (Phi) is 2.86. The van der Waals surface area contributed by atoms with E-state index in [0.717, 1.165) is 20.2 Å². The van der Waals surface area contributed by atoms with Crippen molar-refractivity contribution < 1.29 is 0 Å². The summed E-state index contributed by atoms with van der Waals surface area (Å²) in [7, 11) is 0. The number of benzene rings is 1. The van der Waals surface area contributed by atoms with E-state index in [2.05, 4.69) is 4.99 Å². The number of halogens is 1. The zero-order valence-electron chi connectivity index (χ0n) is 7.08. The van der Waals surface area contributed by atoms with Gasteiger partial charge >= 0.3 is 0 Å². The van der Waals surface area contributed by atoms with Crippen LogP contribution in [-0.2, 0) is 0 Å². The molecule has 2 rings (SSSR count). The predicted molar refractivity (Wildman–Crippen MR) is 63.3 cm³/mol. The van der Waals surface area contributed by atoms with E-state index in [1.807, 2.05) is 25.1 Å². The lowest BCUT2D eigenvalue weighted by molar-refractivity contribution is 1.41. The minimum atomic E-state index is 0.749. The molecule has 0 atom stereocenters. The highest BCUT2D eigenvalue weighted by Crippen LogP contribution is 2.36. The van der Waals surface area contributed by atoms with Crippen molar-refractivity contribution >= 4 is 45.2 Å². The fraction of sp³-hybridized carbons (Fsp3) is 0.222. The maximum Gasteiger partial charge on any atom is 0.132 e. The summed E-state index contributed by atoms with van der Waals surface area (Å²) in [5.41, 5.74) is 2.16. The van der Waals surface area contributed by atoms with Crippen LogP contribution >= 0.6 is 35.1 Å². The number of thioether (sulfide) groups is 2. The molecule has 1 saturated heterocycles. The first-order chi connectivity index (χ1) is 6.25. The highest BCUT2D eigenvalue weighted by Gasteiger charge is 2.12. The lowest BCUT2D eigenvalue weighted by atomic mass is 10.2. The molecule has 1 nitrogen and oxygen atoms in total. The van der Waals surface area contributed by atoms with Gasteiger partial charge in [0, 0.05) is 5.02 Å². The van der Waals surface area contributed by atoms with Crippen LogP contribution in [-0.4, -0.2) is 9.46 Å². The summed E-state index contributed by atoms with van der Waals surface area (Å²) < 4.78 is 1.14. The topological polar surface area (TPSA) is 12.4 Å². The van der Waals surface area contributed by atoms with E-state index >= 15 is 0 Å². The average molecular weight is 230 g/mol. The molecule has 1 aromatic carbocycles. The predicted octanol–water partition coefficient (Wildman–Crippen LogP) is 4.07. The third-order valence-electron chi connectivity index (χ3n) is 1.75. The fourth-order valence-electron chi connectivity index (χ4n) is 0.978. The van der Waals surface area contributed by atoms with Gasteiger partial charge in [0.1, 0.15) is 4.38 Å². The van der Waals surface area contributed by atoms with Gasteiger partial charge in [-0.2, -0.15) is 0 Å². The molecular weight excluding hydrogens is 222 g/mol. The summed E-state index contributed by atoms with van der Waals surface area (Å²) in [6.07, 6.45) is 0. The molecule has 1 heterocycles. The number of hydrogen-bond donors (Lipinski definition) is 0. The second kappa shape index (κ2) is 3.95. The van der Waals surface area contributed by atoms with E-state index in [-0.39, 0.29) is 0 Å². The van der Waals surface area contributed by atoms with Crippen molar-refractivity contribution in [3.05, 3.63) is 28.8 Å². The second-order valence-corrected chi connectivity index (χ2v) is 5.70. The zero-order chi connectivity index (χ0) is 9.26. The van der Waals surface area contributed by atoms with Crippen molar-refractivity contribution in [2.75, 3.05) is 5.08 Å². The molecule has 0 aliphatic carbocycles. The van der Waals surface area contributed by atoms with Gasteiger partial charge in [-0.15, -0.1) is 0 Å². The third-order valence-corrected chi connectivity index (χ3v) is 4.31. The standard InChI is InChI=1S/C9H8ClNS2/c1-6-2-3-7(10)4-8(6)11-9-12-5-13-9/h2-4H,5H2,1H3. The van der Waals surface area contributed by atoms with Gasteiger partial charge < -0.3 is 0 Å². The first-order valence-electron chi connectivity index (χ1n) is 3.86. The first-order valence-corrected chi connectivity index (χ1v) is 6.21. The molecule has 1 aliphatic rings. The molecule has 0 radical (unpaired) electrons. The van der Waals surface area contributed by atoms with E-state index in [1.54, 1.807) is 23.5 Å². The van der Waals surface area contributed by atoms with Crippen LogP contribution in [0.1, 0.15) is 5.56 Å². The van der Waals surface area contributed by atoms with E-state index in [1.165, 1.54) is 5.56 Å². The molecule has 1 aliphatic heterocycles. The number of aryl methyl sites for hydroxylation is 1. The van der Waals surface area contributed by atoms with Crippen LogP contribution in [0.2, 0.25) is 5.02 Å². The van der Waals surface area contributed by atoms with Crippen molar-refractivity contribution in [1.82, 2.24) is 0 Å². The molecular formula is C9H8ClNS2. The summed E-state index contributed by atoms with van der Waals surface area (Å²) in [6.45, 7) is 2.05. The zero-order valence-corrected chi connectivity index (χ0v) is 9.47. The summed E-state index contributed by atoms with van der Waals surface area (Å²) >= 11 is 9.45. The van der Waals surface area contributed by atoms with Crippen LogP contribution < -0.4 is 0 Å². The average Bonchev–Trinajstić information content (AvgIpc) is 2.03. The van der Waals surface area contributed by atoms with Gasteiger partial charge in [-0.1, -0.05) is 41.2 Å². The van der Waals surface area contributed by atoms with Gasteiger partial charge in [0.15, 0.2) is 0 Å². The second-order valence-electron chi connectivity index (χ2n) is 2.72. The van der Waals surface area contributed by atoms with Gasteiger partial charge in [0.2, 0.25) is 0 Å². The van der Waals surface area contributed by atoms with E-state index in [9.17, 15) is 0 Å². The molecule has 0 bridgehead atoms. The Morgan fingerprint density at radius 1 is 1.38 bits per heavy atom. The Balaban J connectivity index is 2.33. The van der Waals surface area contributed by atoms with Crippen LogP contribution in [0.4, 0.5) is 5.69 Å². The smallest absolute Gasteiger partial charge is 0.132 e. The molecule has 68 valence electrons. The SMILES string of the molecule is Cc1ccc(Cl)cc1N=C1SCS1. The van der Waals surface area contributed by atoms with Gasteiger partial charge in [-0.25, -0.2) is 4.99 Å². The van der Waals surface area contributed by atoms with Gasteiger partial charge in [0.05, 0.1) is 10.8 Å². The Labute approximate surface area is 91.0 Å². The first kappa shape index (κ1) is 9.44. The highest BCUT2D eigenvalue weighted by molar-refractivity contribution is 8.52. The maximum absolute atomic E-state index is 5.88. The molecule has 0 aromatic heterocycles. The van der Waals surface area contributed by atoms with Crippen LogP contribution in [0, 0.1) is 6.92 Å². The largest absolute Gasteiger partial charge is 0.235 e. The van der Waals surface area contributed by atoms with Crippen molar-refractivity contribution in [2.45, 2.75) is 6.92 Å². The van der Waals surface area contributed by atoms with Crippen LogP contribution in [0.15, 0.2) is 23.2 Å². The van der Waals surface area contributed by atoms with E-state index in [0.29, 0.717) is 0 Å². The Hall–Kier alpha value is -0.120. The molecule has 0 N–H and O–H groups in total. The Morgan fingerprint density at radius 3 is 2.77 bits per heavy atom. The van der Waals surface area contributed by atoms with Gasteiger partial charge in [-0.3, -0.25) is 0 Å². The van der Waals surface area contributed by atoms with Gasteiger partial charge in [0.25, 0.3) is 0 Å². The Morgan fingerprint density at radius 2 is 2.15 bits per heavy atom. The van der Waals surface area contributed by atoms with Crippen molar-refractivity contribution in [2.24, 2.45) is 4.99 Å². The van der Waals surface area contributed by atoms with E-state index < -0.39 is 0 Å². The monoisotopic (exact) mass is 229 g/mol. The molecule has 1 aromatic rings. The molecule has 13 heavy (non-hydrogen) atoms. The number of hydrogen-bond acceptors (Lipinski definition) is 3. The molecule has 4 heteroatoms. The molecule has 0 unspecified atom stereocenters. The lowest BCUT2D eigenvalue weighted by Gasteiger charge is -2.13. The van der Waals surface area contributed by atoms with E-state index in [4.69, 9.17) is 11.6 Å². The quantitative estimate of drug-likeness (QED) is 0.720. The fourth-order valence-corrected chi connectivity index (χ4v) is 2.36. The minimum absolute atomic E-state index is 0.749. The van der Waals surface area contributed by atoms with Crippen molar-refractivity contribution in [3.8, 4) is 0 Å². The van der Waals surface area contributed by atoms with Crippen molar-refractivity contribution in [3.63, 3.8) is 0 Å². The normalized spacial score (nSPS) is 15.4. The molecule has 0 saturated carbocycles. The minimum Gasteiger partial charge on any atom is -0.235 e. The maximum atomic E-state index is 5.88. The number of aliphatic imine (C=N–C) groups is 1. The van der Waals surface area contributed by atoms with Crippen molar-refractivity contribution in [1.29, 1.82) is 0 Å². The summed E-state index contributed by atoms with van der Waals surface area (Å²) in [6, 6.07) is 5.79. The summed E-state index contributed by atoms with van der Waals surface area (Å²) in [4.78, 5) is 4.48. The summed E-state index contributed by atoms with van der Waals surface area (Å²) in [5.74, 6) is 0. The van der Waals surface area contributed by atoms with Crippen LogP contribution in [0.5, 0.6) is 0 Å². The number of rotatable bonds is 1. The van der Waals surface area contributed by atoms with Gasteiger partial charge in [-0.05, 0) is 24.6 Å². The molecule has 0 spiro atoms. The lowest BCUT2D eigenvalue weighted by Crippen LogP contribution is -1.97. The molecule has 0 amide bonds. The highest BCUT2D eigenvalue weighted by atomic mass is 35.5. The van der Waals surface area contributed by atoms with Crippen LogP contribution in [0.3, 0.4) is 0 Å². The molecule has 1 fully saturated rings. The number of nitrogens with zero attached hydrogens (tertiary/aromatic N) is 1.